The molecule has 2 atom stereocenters. The van der Waals surface area contributed by atoms with E-state index < -0.39 is 0 Å². The number of nitrogens with zero attached hydrogens (tertiary/aromatic N) is 4. The second-order valence-electron chi connectivity index (χ2n) is 12.8. The van der Waals surface area contributed by atoms with E-state index in [9.17, 15) is 9.59 Å². The van der Waals surface area contributed by atoms with Crippen molar-refractivity contribution in [2.45, 2.75) is 50.9 Å². The van der Waals surface area contributed by atoms with Crippen LogP contribution in [0.25, 0.3) is 44.7 Å². The van der Waals surface area contributed by atoms with Crippen molar-refractivity contribution in [2.75, 3.05) is 20.2 Å². The van der Waals surface area contributed by atoms with Gasteiger partial charge in [0.05, 0.1) is 39.6 Å². The fourth-order valence-electron chi connectivity index (χ4n) is 6.74. The summed E-state index contributed by atoms with van der Waals surface area (Å²) in [5.74, 6) is 0.714. The number of ether oxygens (including phenoxy) is 1. The minimum absolute atomic E-state index is 0.0987. The molecule has 0 saturated carbocycles. The second-order valence-corrected chi connectivity index (χ2v) is 13.5. The van der Waals surface area contributed by atoms with Crippen LogP contribution in [0.3, 0.4) is 0 Å². The highest BCUT2D eigenvalue weighted by Gasteiger charge is 2.22. The van der Waals surface area contributed by atoms with Gasteiger partial charge < -0.3 is 30.6 Å². The van der Waals surface area contributed by atoms with Crippen LogP contribution in [0.1, 0.15) is 36.8 Å². The van der Waals surface area contributed by atoms with Gasteiger partial charge in [-0.25, -0.2) is 4.98 Å². The minimum Gasteiger partial charge on any atom is -0.481 e. The van der Waals surface area contributed by atoms with E-state index in [-0.39, 0.29) is 23.9 Å². The number of rotatable bonds is 12. The van der Waals surface area contributed by atoms with Crippen molar-refractivity contribution in [2.24, 2.45) is 7.05 Å². The van der Waals surface area contributed by atoms with E-state index in [1.54, 1.807) is 19.5 Å². The van der Waals surface area contributed by atoms with Crippen molar-refractivity contribution < 1.29 is 14.3 Å². The van der Waals surface area contributed by atoms with Gasteiger partial charge in [-0.1, -0.05) is 47.5 Å². The Bertz CT molecular complexity index is 2080. The van der Waals surface area contributed by atoms with Crippen molar-refractivity contribution >= 4 is 46.0 Å². The van der Waals surface area contributed by atoms with Crippen molar-refractivity contribution in [3.8, 4) is 39.5 Å². The molecule has 50 heavy (non-hydrogen) atoms. The molecule has 2 saturated heterocycles. The van der Waals surface area contributed by atoms with Crippen molar-refractivity contribution in [1.82, 2.24) is 40.8 Å². The Balaban J connectivity index is 1.11. The van der Waals surface area contributed by atoms with Gasteiger partial charge in [-0.15, -0.1) is 0 Å². The summed E-state index contributed by atoms with van der Waals surface area (Å²) in [6, 6.07) is 13.9. The summed E-state index contributed by atoms with van der Waals surface area (Å²) >= 11 is 14.2. The molecule has 7 rings (SSSR count). The number of benzene rings is 1. The molecule has 0 radical (unpaired) electrons. The highest BCUT2D eigenvalue weighted by Crippen LogP contribution is 2.42. The van der Waals surface area contributed by atoms with Crippen LogP contribution in [0.5, 0.6) is 5.88 Å². The molecule has 11 nitrogen and oxygen atoms in total. The Morgan fingerprint density at radius 1 is 0.880 bits per heavy atom. The molecule has 1 aromatic carbocycles. The number of amides is 2. The van der Waals surface area contributed by atoms with Crippen LogP contribution in [-0.2, 0) is 29.7 Å². The molecule has 0 bridgehead atoms. The molecule has 2 aliphatic rings. The average molecular weight is 714 g/mol. The first-order valence-electron chi connectivity index (χ1n) is 16.7. The maximum atomic E-state index is 11.5. The zero-order chi connectivity index (χ0) is 34.8. The molecule has 4 N–H and O–H groups in total. The fraction of sp³-hybridized carbons (Fsp3) is 0.324. The lowest BCUT2D eigenvalue weighted by atomic mass is 9.99. The van der Waals surface area contributed by atoms with E-state index in [1.165, 1.54) is 0 Å². The Hall–Kier alpha value is -4.55. The molecule has 0 aliphatic carbocycles. The number of aromatic nitrogens is 4. The molecule has 2 amide bonds. The number of fused-ring (bicyclic) bond motifs is 1. The Morgan fingerprint density at radius 2 is 1.56 bits per heavy atom. The summed E-state index contributed by atoms with van der Waals surface area (Å²) in [6.07, 6.45) is 8.45. The lowest BCUT2D eigenvalue weighted by Crippen LogP contribution is -2.35. The molecule has 2 aliphatic heterocycles. The molecule has 258 valence electrons. The smallest absolute Gasteiger partial charge is 0.220 e. The van der Waals surface area contributed by atoms with Crippen LogP contribution in [0.15, 0.2) is 61.1 Å². The van der Waals surface area contributed by atoms with E-state index >= 15 is 0 Å². The van der Waals surface area contributed by atoms with Crippen LogP contribution < -0.4 is 26.0 Å². The van der Waals surface area contributed by atoms with Gasteiger partial charge in [0.15, 0.2) is 0 Å². The zero-order valence-corrected chi connectivity index (χ0v) is 29.4. The number of carbonyl (C=O) groups is 2. The van der Waals surface area contributed by atoms with E-state index in [2.05, 4.69) is 43.1 Å². The molecular formula is C37H38Cl2N8O3. The normalized spacial score (nSPS) is 17.4. The molecule has 2 fully saturated rings. The zero-order valence-electron chi connectivity index (χ0n) is 27.9. The van der Waals surface area contributed by atoms with Crippen molar-refractivity contribution in [1.29, 1.82) is 0 Å². The largest absolute Gasteiger partial charge is 0.481 e. The van der Waals surface area contributed by atoms with E-state index in [0.29, 0.717) is 66.3 Å². The molecule has 13 heteroatoms. The molecule has 4 aromatic heterocycles. The van der Waals surface area contributed by atoms with Crippen LogP contribution in [0.2, 0.25) is 10.0 Å². The number of hydrogen-bond donors (Lipinski definition) is 4. The third-order valence-corrected chi connectivity index (χ3v) is 10.1. The van der Waals surface area contributed by atoms with Gasteiger partial charge in [0, 0.05) is 110 Å². The topological polar surface area (TPSA) is 135 Å². The number of hydrogen-bond acceptors (Lipinski definition) is 8. The SMILES string of the molecule is COc1nc(-c2cccc(-c3ccnc(-c4cnc5c(CNC[C@@H]6CCC(=O)N6)cn(C)c5c4)c3Cl)c2Cl)ccc1CNC[C@H]1CCC(=O)N1. The maximum Gasteiger partial charge on any atom is 0.220 e. The van der Waals surface area contributed by atoms with Crippen LogP contribution in [0.4, 0.5) is 0 Å². The third kappa shape index (κ3) is 7.04. The number of aryl methyl sites for hydroxylation is 1. The van der Waals surface area contributed by atoms with Crippen LogP contribution in [-0.4, -0.2) is 63.6 Å². The number of carbonyl (C=O) groups excluding carboxylic acids is 2. The first-order chi connectivity index (χ1) is 24.3. The van der Waals surface area contributed by atoms with Gasteiger partial charge in [-0.05, 0) is 31.0 Å². The Labute approximate surface area is 300 Å². The predicted octanol–water partition coefficient (Wildman–Crippen LogP) is 5.42. The molecular weight excluding hydrogens is 675 g/mol. The summed E-state index contributed by atoms with van der Waals surface area (Å²) in [4.78, 5) is 37.3. The lowest BCUT2D eigenvalue weighted by Gasteiger charge is -2.15. The molecule has 6 heterocycles. The number of methoxy groups -OCH3 is 1. The number of pyridine rings is 3. The van der Waals surface area contributed by atoms with E-state index in [4.69, 9.17) is 37.9 Å². The van der Waals surface area contributed by atoms with Gasteiger partial charge in [-0.2, -0.15) is 0 Å². The quantitative estimate of drug-likeness (QED) is 0.135. The highest BCUT2D eigenvalue weighted by molar-refractivity contribution is 6.39. The Kier molecular flexibility index (Phi) is 10.0. The van der Waals surface area contributed by atoms with E-state index in [0.717, 1.165) is 57.3 Å². The standard InChI is InChI=1S/C37H38Cl2N8O3/c1-47-20-23(16-41-19-25-8-11-32(49)45-25)35-30(47)14-22(17-43-35)36-34(39)27(12-13-42-36)26-4-3-5-28(33(26)38)29-9-6-21(37(46-29)50-2)15-40-18-24-7-10-31(48)44-24/h3-6,9,12-14,17,20,24-25,40-41H,7-8,10-11,15-16,18-19H2,1-2H3,(H,44,48)(H,45,49)/t24-,25+/m1/s1. The number of nitrogens with one attached hydrogen (secondary N) is 4. The maximum absolute atomic E-state index is 11.5. The van der Waals surface area contributed by atoms with E-state index in [1.807, 2.05) is 43.4 Å². The summed E-state index contributed by atoms with van der Waals surface area (Å²) in [5.41, 5.74) is 8.13. The summed E-state index contributed by atoms with van der Waals surface area (Å²) < 4.78 is 7.70. The van der Waals surface area contributed by atoms with Crippen LogP contribution >= 0.6 is 23.2 Å². The lowest BCUT2D eigenvalue weighted by molar-refractivity contribution is -0.120. The van der Waals surface area contributed by atoms with Gasteiger partial charge in [0.25, 0.3) is 0 Å². The monoisotopic (exact) mass is 712 g/mol. The second kappa shape index (κ2) is 14.7. The van der Waals surface area contributed by atoms with Gasteiger partial charge in [-0.3, -0.25) is 19.6 Å². The van der Waals surface area contributed by atoms with Gasteiger partial charge in [0.1, 0.15) is 0 Å². The number of halogens is 2. The summed E-state index contributed by atoms with van der Waals surface area (Å²) in [5, 5.41) is 13.8. The predicted molar refractivity (Wildman–Crippen MR) is 195 cm³/mol. The highest BCUT2D eigenvalue weighted by atomic mass is 35.5. The molecule has 0 unspecified atom stereocenters. The minimum atomic E-state index is 0.0987. The summed E-state index contributed by atoms with van der Waals surface area (Å²) in [7, 11) is 3.59. The fourth-order valence-corrected chi connectivity index (χ4v) is 7.38. The average Bonchev–Trinajstić information content (AvgIpc) is 3.83. The summed E-state index contributed by atoms with van der Waals surface area (Å²) in [6.45, 7) is 2.58. The third-order valence-electron chi connectivity index (χ3n) is 9.34. The molecule has 0 spiro atoms. The van der Waals surface area contributed by atoms with Crippen molar-refractivity contribution in [3.63, 3.8) is 0 Å². The van der Waals surface area contributed by atoms with Gasteiger partial charge in [0.2, 0.25) is 17.7 Å². The first-order valence-corrected chi connectivity index (χ1v) is 17.5. The molecule has 5 aromatic rings. The Morgan fingerprint density at radius 3 is 2.24 bits per heavy atom. The van der Waals surface area contributed by atoms with Crippen molar-refractivity contribution in [3.05, 3.63) is 82.2 Å². The first kappa shape index (κ1) is 33.9. The van der Waals surface area contributed by atoms with Gasteiger partial charge >= 0.3 is 0 Å². The van der Waals surface area contributed by atoms with Crippen LogP contribution in [0, 0.1) is 0 Å².